The molecule has 0 atom stereocenters. The van der Waals surface area contributed by atoms with Gasteiger partial charge in [0.15, 0.2) is 0 Å². The van der Waals surface area contributed by atoms with E-state index >= 15 is 0 Å². The Morgan fingerprint density at radius 2 is 2.22 bits per heavy atom. The molecular formula is C10H11FN4O2S. The Bertz CT molecular complexity index is 640. The summed E-state index contributed by atoms with van der Waals surface area (Å²) in [6.45, 7) is 0.0742. The molecule has 6 nitrogen and oxygen atoms in total. The normalized spacial score (nSPS) is 11.6. The number of hydrogen-bond donors (Lipinski definition) is 3. The van der Waals surface area contributed by atoms with Crippen molar-refractivity contribution in [3.8, 4) is 0 Å². The van der Waals surface area contributed by atoms with Crippen LogP contribution in [0, 0.1) is 5.82 Å². The molecule has 0 fully saturated rings. The second-order valence-corrected chi connectivity index (χ2v) is 5.38. The standard InChI is InChI=1S/C10H11FN4O2S/c11-9-3-8(1-2-10(9)12)18(16,17)15-6-7-4-13-14-5-7/h1-5,15H,6,12H2,(H,13,14). The molecule has 1 aromatic carbocycles. The van der Waals surface area contributed by atoms with Crippen LogP contribution in [-0.2, 0) is 16.6 Å². The highest BCUT2D eigenvalue weighted by molar-refractivity contribution is 7.89. The number of nitrogens with zero attached hydrogens (tertiary/aromatic N) is 1. The van der Waals surface area contributed by atoms with E-state index in [1.54, 1.807) is 6.20 Å². The number of nitrogens with one attached hydrogen (secondary N) is 2. The van der Waals surface area contributed by atoms with E-state index in [1.165, 1.54) is 18.3 Å². The lowest BCUT2D eigenvalue weighted by molar-refractivity contribution is 0.578. The molecule has 0 spiro atoms. The van der Waals surface area contributed by atoms with E-state index in [1.807, 2.05) is 0 Å². The summed E-state index contributed by atoms with van der Waals surface area (Å²) >= 11 is 0. The summed E-state index contributed by atoms with van der Waals surface area (Å²) in [4.78, 5) is -0.169. The molecule has 0 saturated heterocycles. The van der Waals surface area contributed by atoms with Gasteiger partial charge in [0.2, 0.25) is 10.0 Å². The van der Waals surface area contributed by atoms with E-state index < -0.39 is 15.8 Å². The van der Waals surface area contributed by atoms with Crippen LogP contribution in [0.3, 0.4) is 0 Å². The fourth-order valence-corrected chi connectivity index (χ4v) is 2.34. The predicted molar refractivity (Wildman–Crippen MR) is 63.4 cm³/mol. The minimum Gasteiger partial charge on any atom is -0.396 e. The van der Waals surface area contributed by atoms with Gasteiger partial charge in [0.05, 0.1) is 16.8 Å². The molecule has 4 N–H and O–H groups in total. The van der Waals surface area contributed by atoms with E-state index in [9.17, 15) is 12.8 Å². The molecule has 2 rings (SSSR count). The van der Waals surface area contributed by atoms with E-state index in [4.69, 9.17) is 5.73 Å². The molecule has 0 unspecified atom stereocenters. The number of sulfonamides is 1. The van der Waals surface area contributed by atoms with E-state index in [2.05, 4.69) is 14.9 Å². The monoisotopic (exact) mass is 270 g/mol. The molecule has 0 amide bonds. The fourth-order valence-electron chi connectivity index (χ4n) is 1.31. The second-order valence-electron chi connectivity index (χ2n) is 3.61. The van der Waals surface area contributed by atoms with E-state index in [0.29, 0.717) is 5.56 Å². The lowest BCUT2D eigenvalue weighted by Crippen LogP contribution is -2.23. The number of rotatable bonds is 4. The maximum atomic E-state index is 13.2. The molecule has 0 aliphatic rings. The van der Waals surface area contributed by atoms with Gasteiger partial charge in [0.25, 0.3) is 0 Å². The lowest BCUT2D eigenvalue weighted by atomic mass is 10.3. The molecule has 1 aromatic heterocycles. The number of aromatic amines is 1. The van der Waals surface area contributed by atoms with Gasteiger partial charge in [-0.3, -0.25) is 5.10 Å². The number of nitrogen functional groups attached to an aromatic ring is 1. The molecule has 0 radical (unpaired) electrons. The summed E-state index contributed by atoms with van der Waals surface area (Å²) in [6, 6.07) is 3.34. The molecule has 8 heteroatoms. The molecule has 0 aliphatic carbocycles. The van der Waals surface area contributed by atoms with Crippen molar-refractivity contribution in [1.82, 2.24) is 14.9 Å². The quantitative estimate of drug-likeness (QED) is 0.708. The molecule has 0 saturated carbocycles. The molecule has 0 bridgehead atoms. The van der Waals surface area contributed by atoms with Crippen LogP contribution < -0.4 is 10.5 Å². The third-order valence-corrected chi connectivity index (χ3v) is 3.70. The number of benzene rings is 1. The molecule has 2 aromatic rings. The summed E-state index contributed by atoms with van der Waals surface area (Å²) in [5.41, 5.74) is 5.86. The van der Waals surface area contributed by atoms with Crippen LogP contribution in [0.2, 0.25) is 0 Å². The van der Waals surface area contributed by atoms with Crippen LogP contribution in [0.5, 0.6) is 0 Å². The van der Waals surface area contributed by atoms with Crippen molar-refractivity contribution in [3.63, 3.8) is 0 Å². The topological polar surface area (TPSA) is 101 Å². The summed E-state index contributed by atoms with van der Waals surface area (Å²) < 4.78 is 39.2. The Hall–Kier alpha value is -1.93. The average molecular weight is 270 g/mol. The molecule has 0 aliphatic heterocycles. The smallest absolute Gasteiger partial charge is 0.240 e. The second kappa shape index (κ2) is 4.75. The molecule has 96 valence electrons. The number of hydrogen-bond acceptors (Lipinski definition) is 4. The maximum Gasteiger partial charge on any atom is 0.240 e. The predicted octanol–water partition coefficient (Wildman–Crippen LogP) is 0.609. The minimum atomic E-state index is -3.76. The number of nitrogens with two attached hydrogens (primary N) is 1. The number of aromatic nitrogens is 2. The number of H-pyrrole nitrogens is 1. The third kappa shape index (κ3) is 2.66. The van der Waals surface area contributed by atoms with Crippen LogP contribution in [0.25, 0.3) is 0 Å². The molecule has 18 heavy (non-hydrogen) atoms. The summed E-state index contributed by atoms with van der Waals surface area (Å²) in [5, 5.41) is 6.25. The summed E-state index contributed by atoms with van der Waals surface area (Å²) in [7, 11) is -3.76. The van der Waals surface area contributed by atoms with Crippen molar-refractivity contribution in [2.24, 2.45) is 0 Å². The largest absolute Gasteiger partial charge is 0.396 e. The van der Waals surface area contributed by atoms with Gasteiger partial charge < -0.3 is 5.73 Å². The molecular weight excluding hydrogens is 259 g/mol. The van der Waals surface area contributed by atoms with Gasteiger partial charge in [-0.25, -0.2) is 17.5 Å². The van der Waals surface area contributed by atoms with Crippen molar-refractivity contribution < 1.29 is 12.8 Å². The minimum absolute atomic E-state index is 0.0742. The number of halogens is 1. The highest BCUT2D eigenvalue weighted by Gasteiger charge is 2.15. The van der Waals surface area contributed by atoms with Gasteiger partial charge in [-0.05, 0) is 18.2 Å². The Kier molecular flexibility index (Phi) is 3.30. The van der Waals surface area contributed by atoms with Crippen LogP contribution in [0.1, 0.15) is 5.56 Å². The Morgan fingerprint density at radius 3 is 2.83 bits per heavy atom. The SMILES string of the molecule is Nc1ccc(S(=O)(=O)NCc2cn[nH]c2)cc1F. The zero-order valence-electron chi connectivity index (χ0n) is 9.22. The zero-order chi connectivity index (χ0) is 13.2. The van der Waals surface area contributed by atoms with Gasteiger partial charge in [-0.1, -0.05) is 0 Å². The first-order valence-corrected chi connectivity index (χ1v) is 6.50. The number of anilines is 1. The van der Waals surface area contributed by atoms with Gasteiger partial charge >= 0.3 is 0 Å². The van der Waals surface area contributed by atoms with Crippen LogP contribution in [0.15, 0.2) is 35.5 Å². The first kappa shape index (κ1) is 12.5. The lowest BCUT2D eigenvalue weighted by Gasteiger charge is -2.06. The summed E-state index contributed by atoms with van der Waals surface area (Å²) in [6.07, 6.45) is 3.05. The maximum absolute atomic E-state index is 13.2. The van der Waals surface area contributed by atoms with Crippen molar-refractivity contribution in [3.05, 3.63) is 42.0 Å². The van der Waals surface area contributed by atoms with Crippen molar-refractivity contribution in [2.45, 2.75) is 11.4 Å². The molecule has 1 heterocycles. The van der Waals surface area contributed by atoms with Crippen molar-refractivity contribution in [1.29, 1.82) is 0 Å². The first-order chi connectivity index (χ1) is 8.49. The van der Waals surface area contributed by atoms with Crippen molar-refractivity contribution in [2.75, 3.05) is 5.73 Å². The summed E-state index contributed by atoms with van der Waals surface area (Å²) in [5.74, 6) is -0.763. The van der Waals surface area contributed by atoms with E-state index in [-0.39, 0.29) is 17.1 Å². The zero-order valence-corrected chi connectivity index (χ0v) is 10.0. The Balaban J connectivity index is 2.17. The highest BCUT2D eigenvalue weighted by atomic mass is 32.2. The van der Waals surface area contributed by atoms with Gasteiger partial charge in [0.1, 0.15) is 5.82 Å². The van der Waals surface area contributed by atoms with Crippen molar-refractivity contribution >= 4 is 15.7 Å². The third-order valence-electron chi connectivity index (χ3n) is 2.30. The van der Waals surface area contributed by atoms with Gasteiger partial charge in [-0.15, -0.1) is 0 Å². The van der Waals surface area contributed by atoms with E-state index in [0.717, 1.165) is 6.07 Å². The van der Waals surface area contributed by atoms with Crippen LogP contribution >= 0.6 is 0 Å². The fraction of sp³-hybridized carbons (Fsp3) is 0.100. The Labute approximate surface area is 103 Å². The first-order valence-electron chi connectivity index (χ1n) is 5.01. The highest BCUT2D eigenvalue weighted by Crippen LogP contribution is 2.16. The van der Waals surface area contributed by atoms with Crippen LogP contribution in [-0.4, -0.2) is 18.6 Å². The Morgan fingerprint density at radius 1 is 1.44 bits per heavy atom. The van der Waals surface area contributed by atoms with Gasteiger partial charge in [0, 0.05) is 18.3 Å². The average Bonchev–Trinajstić information content (AvgIpc) is 2.83. The van der Waals surface area contributed by atoms with Gasteiger partial charge in [-0.2, -0.15) is 5.10 Å². The van der Waals surface area contributed by atoms with Crippen LogP contribution in [0.4, 0.5) is 10.1 Å².